The number of hydrogen-bond donors (Lipinski definition) is 1. The van der Waals surface area contributed by atoms with E-state index in [-0.39, 0.29) is 11.2 Å². The molecular weight excluding hydrogens is 446 g/mol. The van der Waals surface area contributed by atoms with Crippen molar-refractivity contribution in [2.45, 2.75) is 43.7 Å². The van der Waals surface area contributed by atoms with Crippen molar-refractivity contribution < 1.29 is 4.79 Å². The molecule has 2 heterocycles. The van der Waals surface area contributed by atoms with E-state index in [1.54, 1.807) is 35.2 Å². The molecule has 1 aliphatic heterocycles. The Balaban J connectivity index is 1.98. The second kappa shape index (κ2) is 8.38. The molecule has 1 aliphatic carbocycles. The third-order valence-corrected chi connectivity index (χ3v) is 8.11. The van der Waals surface area contributed by atoms with Gasteiger partial charge in [-0.05, 0) is 58.9 Å². The van der Waals surface area contributed by atoms with E-state index in [9.17, 15) is 10.1 Å². The molecule has 1 aromatic carbocycles. The van der Waals surface area contributed by atoms with Crippen LogP contribution < -0.4 is 10.6 Å². The minimum Gasteiger partial charge on any atom is -0.384 e. The summed E-state index contributed by atoms with van der Waals surface area (Å²) in [5.41, 5.74) is 10.3. The van der Waals surface area contributed by atoms with E-state index in [0.29, 0.717) is 34.8 Å². The van der Waals surface area contributed by atoms with Gasteiger partial charge in [0.25, 0.3) is 0 Å². The van der Waals surface area contributed by atoms with E-state index >= 15 is 0 Å². The van der Waals surface area contributed by atoms with Gasteiger partial charge in [0.05, 0.1) is 21.8 Å². The van der Waals surface area contributed by atoms with E-state index in [4.69, 9.17) is 17.3 Å². The van der Waals surface area contributed by atoms with Crippen LogP contribution in [0.15, 0.2) is 62.6 Å². The average Bonchev–Trinajstić information content (AvgIpc) is 3.15. The molecule has 160 valence electrons. The standard InChI is InChI=1S/C24H24ClN3OS2/c1-4-30-23-16(9-10-31-23)20-17(13-26)22(27)28(15-7-5-14(25)6-8-15)18-11-24(2,3)12-19(29)21(18)20/h5-10,20H,4,11-12,27H2,1-3H3. The monoisotopic (exact) mass is 469 g/mol. The number of Topliss-reactive ketones (excluding diaryl/α,β-unsaturated/α-hetero) is 1. The van der Waals surface area contributed by atoms with E-state index in [0.717, 1.165) is 26.9 Å². The van der Waals surface area contributed by atoms with Gasteiger partial charge in [-0.2, -0.15) is 5.26 Å². The predicted molar refractivity (Wildman–Crippen MR) is 129 cm³/mol. The molecule has 2 aliphatic rings. The van der Waals surface area contributed by atoms with Crippen molar-refractivity contribution in [2.75, 3.05) is 10.7 Å². The number of nitrogens with zero attached hydrogens (tertiary/aromatic N) is 2. The summed E-state index contributed by atoms with van der Waals surface area (Å²) in [5.74, 6) is 0.977. The van der Waals surface area contributed by atoms with Gasteiger partial charge in [-0.25, -0.2) is 0 Å². The highest BCUT2D eigenvalue weighted by molar-refractivity contribution is 8.01. The first-order valence-corrected chi connectivity index (χ1v) is 12.4. The number of carbonyl (C=O) groups excluding carboxylic acids is 1. The Hall–Kier alpha value is -2.20. The highest BCUT2D eigenvalue weighted by atomic mass is 35.5. The second-order valence-corrected chi connectivity index (χ2v) is 11.4. The minimum atomic E-state index is -0.424. The fourth-order valence-electron chi connectivity index (χ4n) is 4.47. The van der Waals surface area contributed by atoms with Crippen LogP contribution in [0.3, 0.4) is 0 Å². The number of thiophene rings is 1. The Morgan fingerprint density at radius 1 is 1.29 bits per heavy atom. The Morgan fingerprint density at radius 3 is 2.65 bits per heavy atom. The molecule has 0 amide bonds. The van der Waals surface area contributed by atoms with Crippen molar-refractivity contribution in [1.82, 2.24) is 0 Å². The quantitative estimate of drug-likeness (QED) is 0.520. The lowest BCUT2D eigenvalue weighted by atomic mass is 9.69. The van der Waals surface area contributed by atoms with Crippen LogP contribution in [0.2, 0.25) is 5.02 Å². The number of nitriles is 1. The number of ketones is 1. The van der Waals surface area contributed by atoms with Gasteiger partial charge in [0.2, 0.25) is 0 Å². The third kappa shape index (κ3) is 3.91. The van der Waals surface area contributed by atoms with Crippen LogP contribution in [0.4, 0.5) is 5.69 Å². The van der Waals surface area contributed by atoms with Crippen LogP contribution in [-0.2, 0) is 4.79 Å². The molecule has 7 heteroatoms. The molecule has 0 saturated heterocycles. The number of hydrogen-bond acceptors (Lipinski definition) is 6. The summed E-state index contributed by atoms with van der Waals surface area (Å²) in [5, 5.41) is 12.8. The van der Waals surface area contributed by atoms with Gasteiger partial charge >= 0.3 is 0 Å². The van der Waals surface area contributed by atoms with E-state index < -0.39 is 5.92 Å². The van der Waals surface area contributed by atoms with Gasteiger partial charge in [0.1, 0.15) is 5.82 Å². The number of allylic oxidation sites excluding steroid dienone is 3. The smallest absolute Gasteiger partial charge is 0.162 e. The number of halogens is 1. The zero-order valence-corrected chi connectivity index (χ0v) is 20.1. The lowest BCUT2D eigenvalue weighted by molar-refractivity contribution is -0.118. The van der Waals surface area contributed by atoms with Crippen LogP contribution >= 0.6 is 34.7 Å². The van der Waals surface area contributed by atoms with Crippen molar-refractivity contribution in [2.24, 2.45) is 11.1 Å². The molecule has 0 spiro atoms. The summed E-state index contributed by atoms with van der Waals surface area (Å²) in [6.07, 6.45) is 1.16. The fraction of sp³-hybridized carbons (Fsp3) is 0.333. The van der Waals surface area contributed by atoms with Gasteiger partial charge in [-0.1, -0.05) is 32.4 Å². The third-order valence-electron chi connectivity index (χ3n) is 5.71. The molecule has 0 fully saturated rings. The molecule has 2 N–H and O–H groups in total. The molecule has 4 nitrogen and oxygen atoms in total. The number of carbonyl (C=O) groups is 1. The number of benzene rings is 1. The summed E-state index contributed by atoms with van der Waals surface area (Å²) in [7, 11) is 0. The van der Waals surface area contributed by atoms with Crippen LogP contribution in [-0.4, -0.2) is 11.5 Å². The van der Waals surface area contributed by atoms with Crippen molar-refractivity contribution in [3.63, 3.8) is 0 Å². The van der Waals surface area contributed by atoms with Gasteiger partial charge in [0, 0.05) is 28.4 Å². The van der Waals surface area contributed by atoms with E-state index in [2.05, 4.69) is 26.8 Å². The van der Waals surface area contributed by atoms with Crippen molar-refractivity contribution in [3.05, 3.63) is 69.0 Å². The van der Waals surface area contributed by atoms with Gasteiger partial charge in [0.15, 0.2) is 5.78 Å². The Kier molecular flexibility index (Phi) is 5.95. The summed E-state index contributed by atoms with van der Waals surface area (Å²) >= 11 is 9.49. The molecule has 1 aromatic heterocycles. The lowest BCUT2D eigenvalue weighted by Crippen LogP contribution is -2.42. The van der Waals surface area contributed by atoms with Crippen molar-refractivity contribution >= 4 is 46.2 Å². The zero-order valence-electron chi connectivity index (χ0n) is 17.7. The molecular formula is C24H24ClN3OS2. The van der Waals surface area contributed by atoms with Crippen molar-refractivity contribution in [3.8, 4) is 6.07 Å². The fourth-order valence-corrected chi connectivity index (χ4v) is 6.67. The molecule has 4 rings (SSSR count). The second-order valence-electron chi connectivity index (χ2n) is 8.55. The summed E-state index contributed by atoms with van der Waals surface area (Å²) in [4.78, 5) is 15.4. The average molecular weight is 470 g/mol. The van der Waals surface area contributed by atoms with Crippen LogP contribution in [0.5, 0.6) is 0 Å². The van der Waals surface area contributed by atoms with E-state index in [1.807, 2.05) is 28.5 Å². The first-order chi connectivity index (χ1) is 14.8. The summed E-state index contributed by atoms with van der Waals surface area (Å²) in [6, 6.07) is 11.7. The molecule has 0 bridgehead atoms. The van der Waals surface area contributed by atoms with Crippen LogP contribution in [0.1, 0.15) is 45.1 Å². The molecule has 31 heavy (non-hydrogen) atoms. The maximum atomic E-state index is 13.5. The molecule has 1 unspecified atom stereocenters. The Labute approximate surface area is 196 Å². The van der Waals surface area contributed by atoms with E-state index in [1.165, 1.54) is 0 Å². The number of nitrogens with two attached hydrogens (primary N) is 1. The Morgan fingerprint density at radius 2 is 2.00 bits per heavy atom. The number of rotatable bonds is 4. The normalized spacial score (nSPS) is 20.7. The molecule has 0 radical (unpaired) electrons. The number of thioether (sulfide) groups is 1. The van der Waals surface area contributed by atoms with Gasteiger partial charge < -0.3 is 5.73 Å². The largest absolute Gasteiger partial charge is 0.384 e. The Bertz CT molecular complexity index is 1140. The highest BCUT2D eigenvalue weighted by Crippen LogP contribution is 2.52. The molecule has 0 saturated carbocycles. The molecule has 1 atom stereocenters. The summed E-state index contributed by atoms with van der Waals surface area (Å²) < 4.78 is 1.14. The first-order valence-electron chi connectivity index (χ1n) is 10.2. The minimum absolute atomic E-state index is 0.0918. The highest BCUT2D eigenvalue weighted by Gasteiger charge is 2.45. The van der Waals surface area contributed by atoms with Crippen LogP contribution in [0, 0.1) is 16.7 Å². The van der Waals surface area contributed by atoms with Gasteiger partial charge in [-0.3, -0.25) is 9.69 Å². The topological polar surface area (TPSA) is 70.1 Å². The first kappa shape index (κ1) is 22.0. The maximum Gasteiger partial charge on any atom is 0.162 e. The van der Waals surface area contributed by atoms with Crippen molar-refractivity contribution in [1.29, 1.82) is 5.26 Å². The number of anilines is 1. The lowest BCUT2D eigenvalue weighted by Gasteiger charge is -2.43. The van der Waals surface area contributed by atoms with Gasteiger partial charge in [-0.15, -0.1) is 23.1 Å². The molecule has 2 aromatic rings. The SMILES string of the molecule is CCSc1sccc1C1C(C#N)=C(N)N(c2ccc(Cl)cc2)C2=C1C(=O)CC(C)(C)C2. The zero-order chi connectivity index (χ0) is 22.3. The van der Waals surface area contributed by atoms with Crippen LogP contribution in [0.25, 0.3) is 0 Å². The maximum absolute atomic E-state index is 13.5. The summed E-state index contributed by atoms with van der Waals surface area (Å²) in [6.45, 7) is 6.31. The predicted octanol–water partition coefficient (Wildman–Crippen LogP) is 6.45.